The third kappa shape index (κ3) is 7.07. The summed E-state index contributed by atoms with van der Waals surface area (Å²) in [6.07, 6.45) is -0.277. The van der Waals surface area contributed by atoms with Crippen molar-refractivity contribution >= 4 is 21.6 Å². The Hall–Kier alpha value is -3.73. The second-order valence-corrected chi connectivity index (χ2v) is 11.8. The van der Waals surface area contributed by atoms with Crippen LogP contribution >= 0.6 is 0 Å². The highest BCUT2D eigenvalue weighted by molar-refractivity contribution is 7.91. The molecular formula is C30H35N3O6S. The van der Waals surface area contributed by atoms with Gasteiger partial charge in [0.1, 0.15) is 11.9 Å². The number of aryl methyl sites for hydroxylation is 1. The summed E-state index contributed by atoms with van der Waals surface area (Å²) >= 11 is 0. The molecule has 0 bridgehead atoms. The van der Waals surface area contributed by atoms with Crippen LogP contribution in [0.3, 0.4) is 0 Å². The molecule has 0 radical (unpaired) electrons. The third-order valence-corrected chi connectivity index (χ3v) is 8.49. The van der Waals surface area contributed by atoms with Gasteiger partial charge in [0.25, 0.3) is 5.91 Å². The van der Waals surface area contributed by atoms with Crippen molar-refractivity contribution in [3.05, 3.63) is 95.6 Å². The molecule has 1 amide bonds. The number of rotatable bonds is 13. The fourth-order valence-electron chi connectivity index (χ4n) is 4.44. The molecular weight excluding hydrogens is 530 g/mol. The van der Waals surface area contributed by atoms with E-state index < -0.39 is 27.4 Å². The van der Waals surface area contributed by atoms with Crippen LogP contribution in [0, 0.1) is 6.92 Å². The smallest absolute Gasteiger partial charge is 0.266 e. The summed E-state index contributed by atoms with van der Waals surface area (Å²) in [5, 5.41) is 8.95. The number of hydrogen-bond acceptors (Lipinski definition) is 8. The molecule has 4 rings (SSSR count). The number of ether oxygens (including phenoxy) is 2. The summed E-state index contributed by atoms with van der Waals surface area (Å²) in [6.45, 7) is 4.53. The number of nitrogens with one attached hydrogen (secondary N) is 2. The number of sulfone groups is 1. The minimum atomic E-state index is -3.67. The second-order valence-electron chi connectivity index (χ2n) is 9.73. The van der Waals surface area contributed by atoms with Gasteiger partial charge in [0, 0.05) is 25.1 Å². The number of carbonyl (C=O) groups excluding carboxylic acids is 1. The van der Waals surface area contributed by atoms with Crippen LogP contribution in [0.25, 0.3) is 0 Å². The number of hydrazine groups is 1. The van der Waals surface area contributed by atoms with Gasteiger partial charge in [0.05, 0.1) is 17.3 Å². The largest absolute Gasteiger partial charge is 0.494 e. The van der Waals surface area contributed by atoms with E-state index in [2.05, 4.69) is 10.9 Å². The molecule has 1 heterocycles. The summed E-state index contributed by atoms with van der Waals surface area (Å²) in [5.41, 5.74) is 6.94. The lowest BCUT2D eigenvalue weighted by Gasteiger charge is -2.28. The van der Waals surface area contributed by atoms with E-state index in [1.165, 1.54) is 0 Å². The van der Waals surface area contributed by atoms with Crippen molar-refractivity contribution < 1.29 is 27.8 Å². The lowest BCUT2D eigenvalue weighted by Crippen LogP contribution is -2.55. The first-order valence-electron chi connectivity index (χ1n) is 13.2. The Morgan fingerprint density at radius 3 is 2.52 bits per heavy atom. The first-order valence-corrected chi connectivity index (χ1v) is 14.9. The average molecular weight is 566 g/mol. The van der Waals surface area contributed by atoms with Crippen LogP contribution in [0.15, 0.2) is 88.8 Å². The molecule has 10 heteroatoms. The molecule has 0 fully saturated rings. The lowest BCUT2D eigenvalue weighted by atomic mass is 9.90. The number of benzene rings is 3. The third-order valence-electron chi connectivity index (χ3n) is 6.76. The second kappa shape index (κ2) is 13.1. The van der Waals surface area contributed by atoms with E-state index in [4.69, 9.17) is 19.6 Å². The fraction of sp³-hybridized carbons (Fsp3) is 0.333. The van der Waals surface area contributed by atoms with Crippen LogP contribution in [-0.2, 0) is 25.9 Å². The summed E-state index contributed by atoms with van der Waals surface area (Å²) in [4.78, 5) is 18.6. The van der Waals surface area contributed by atoms with Gasteiger partial charge in [-0.3, -0.25) is 10.2 Å². The maximum Gasteiger partial charge on any atom is 0.266 e. The number of carbonyl (C=O) groups is 1. The number of aliphatic imine (C=N–C) groups is 1. The van der Waals surface area contributed by atoms with E-state index in [0.717, 1.165) is 11.1 Å². The van der Waals surface area contributed by atoms with Crippen molar-refractivity contribution in [3.8, 4) is 5.75 Å². The quantitative estimate of drug-likeness (QED) is 0.214. The number of aliphatic hydroxyl groups is 1. The normalized spacial score (nSPS) is 18.6. The molecule has 0 aliphatic carbocycles. The molecule has 3 aromatic carbocycles. The van der Waals surface area contributed by atoms with Gasteiger partial charge < -0.3 is 14.6 Å². The number of hydrogen-bond donors (Lipinski definition) is 3. The molecule has 1 aliphatic rings. The van der Waals surface area contributed by atoms with Crippen molar-refractivity contribution in [3.63, 3.8) is 0 Å². The number of amides is 1. The maximum absolute atomic E-state index is 13.7. The molecule has 9 nitrogen and oxygen atoms in total. The van der Waals surface area contributed by atoms with Gasteiger partial charge in [0.15, 0.2) is 15.4 Å². The van der Waals surface area contributed by atoms with E-state index in [0.29, 0.717) is 30.9 Å². The molecule has 40 heavy (non-hydrogen) atoms. The minimum Gasteiger partial charge on any atom is -0.494 e. The minimum absolute atomic E-state index is 0.0462. The molecule has 1 aliphatic heterocycles. The van der Waals surface area contributed by atoms with Crippen molar-refractivity contribution in [2.45, 2.75) is 49.8 Å². The first kappa shape index (κ1) is 29.3. The number of aliphatic hydroxyl groups excluding tert-OH is 1. The highest BCUT2D eigenvalue weighted by Gasteiger charge is 2.50. The van der Waals surface area contributed by atoms with Gasteiger partial charge in [-0.2, -0.15) is 0 Å². The molecule has 0 aromatic heterocycles. The molecule has 3 aromatic rings. The Labute approximate surface area is 235 Å². The zero-order valence-corrected chi connectivity index (χ0v) is 23.5. The summed E-state index contributed by atoms with van der Waals surface area (Å²) < 4.78 is 37.9. The zero-order chi connectivity index (χ0) is 28.6. The molecule has 212 valence electrons. The van der Waals surface area contributed by atoms with Crippen molar-refractivity contribution in [1.29, 1.82) is 0 Å². The van der Waals surface area contributed by atoms with E-state index in [1.54, 1.807) is 61.5 Å². The molecule has 0 unspecified atom stereocenters. The maximum atomic E-state index is 13.7. The lowest BCUT2D eigenvalue weighted by molar-refractivity contribution is -0.129. The summed E-state index contributed by atoms with van der Waals surface area (Å²) in [6, 6.07) is 23.1. The van der Waals surface area contributed by atoms with Gasteiger partial charge in [-0.1, -0.05) is 48.0 Å². The van der Waals surface area contributed by atoms with E-state index in [-0.39, 0.29) is 29.6 Å². The predicted octanol–water partition coefficient (Wildman–Crippen LogP) is 3.35. The fourth-order valence-corrected chi connectivity index (χ4v) is 5.83. The Morgan fingerprint density at radius 1 is 1.07 bits per heavy atom. The van der Waals surface area contributed by atoms with E-state index >= 15 is 0 Å². The van der Waals surface area contributed by atoms with Crippen LogP contribution < -0.4 is 15.6 Å². The van der Waals surface area contributed by atoms with E-state index in [9.17, 15) is 13.2 Å². The van der Waals surface area contributed by atoms with Gasteiger partial charge >= 0.3 is 0 Å². The highest BCUT2D eigenvalue weighted by atomic mass is 32.2. The van der Waals surface area contributed by atoms with Gasteiger partial charge in [-0.05, 0) is 62.2 Å². The standard InChI is InChI=1S/C30H35N3O6S/c1-22-8-6-9-24(20-22)21-31-33-29(35)30(16-19-40(36,37)27-10-4-3-5-11-27)23(2)39-28(32-30)25-12-14-26(15-13-25)38-18-7-17-34/h3-6,8-15,20,23,31,34H,7,16-19,21H2,1-2H3,(H,33,35)/t23-,30-/m0/s1. The molecule has 2 atom stereocenters. The Balaban J connectivity index is 1.56. The summed E-state index contributed by atoms with van der Waals surface area (Å²) in [5.74, 6) is 0.113. The predicted molar refractivity (Wildman–Crippen MR) is 153 cm³/mol. The highest BCUT2D eigenvalue weighted by Crippen LogP contribution is 2.33. The number of nitrogens with zero attached hydrogens (tertiary/aromatic N) is 1. The van der Waals surface area contributed by atoms with Crippen LogP contribution in [0.2, 0.25) is 0 Å². The summed E-state index contributed by atoms with van der Waals surface area (Å²) in [7, 11) is -3.67. The van der Waals surface area contributed by atoms with Crippen molar-refractivity contribution in [2.24, 2.45) is 4.99 Å². The van der Waals surface area contributed by atoms with Crippen molar-refractivity contribution in [2.75, 3.05) is 19.0 Å². The first-order chi connectivity index (χ1) is 19.2. The molecule has 0 spiro atoms. The zero-order valence-electron chi connectivity index (χ0n) is 22.7. The Bertz CT molecular complexity index is 1430. The van der Waals surface area contributed by atoms with Gasteiger partial charge in [-0.25, -0.2) is 18.8 Å². The van der Waals surface area contributed by atoms with Crippen molar-refractivity contribution in [1.82, 2.24) is 10.9 Å². The monoisotopic (exact) mass is 565 g/mol. The van der Waals surface area contributed by atoms with Crippen LogP contribution in [0.4, 0.5) is 0 Å². The van der Waals surface area contributed by atoms with E-state index in [1.807, 2.05) is 31.2 Å². The molecule has 0 saturated carbocycles. The van der Waals surface area contributed by atoms with Crippen LogP contribution in [-0.4, -0.2) is 55.9 Å². The van der Waals surface area contributed by atoms with Gasteiger partial charge in [-0.15, -0.1) is 0 Å². The van der Waals surface area contributed by atoms with Gasteiger partial charge in [0.2, 0.25) is 5.90 Å². The molecule has 0 saturated heterocycles. The molecule has 3 N–H and O–H groups in total. The average Bonchev–Trinajstić information content (AvgIpc) is 3.30. The van der Waals surface area contributed by atoms with Crippen LogP contribution in [0.1, 0.15) is 36.5 Å². The SMILES string of the molecule is Cc1cccc(CNNC(=O)[C@@]2(CCS(=O)(=O)c3ccccc3)N=C(c3ccc(OCCCO)cc3)O[C@H]2C)c1. The van der Waals surface area contributed by atoms with Crippen LogP contribution in [0.5, 0.6) is 5.75 Å². The Morgan fingerprint density at radius 2 is 1.82 bits per heavy atom. The topological polar surface area (TPSA) is 126 Å². The Kier molecular flexibility index (Phi) is 9.57.